The summed E-state index contributed by atoms with van der Waals surface area (Å²) in [4.78, 5) is 0. The Hall–Kier alpha value is -0.580. The van der Waals surface area contributed by atoms with E-state index >= 15 is 0 Å². The molecule has 0 fully saturated rings. The van der Waals surface area contributed by atoms with Gasteiger partial charge in [-0.3, -0.25) is 0 Å². The fraction of sp³-hybridized carbons (Fsp3) is 0.714. The van der Waals surface area contributed by atoms with Gasteiger partial charge >= 0.3 is 0 Å². The molecule has 0 aliphatic carbocycles. The molecule has 11 heavy (non-hydrogen) atoms. The summed E-state index contributed by atoms with van der Waals surface area (Å²) in [6, 6.07) is 3.92. The molecule has 0 bridgehead atoms. The zero-order valence-corrected chi connectivity index (χ0v) is 8.38. The van der Waals surface area contributed by atoms with Crippen molar-refractivity contribution in [3.05, 3.63) is 0 Å². The molecule has 62 valence electrons. The Morgan fingerprint density at radius 1 is 1.45 bits per heavy atom. The van der Waals surface area contributed by atoms with Crippen LogP contribution in [0.2, 0.25) is 0 Å². The molecule has 0 radical (unpaired) electrons. The van der Waals surface area contributed by atoms with Gasteiger partial charge in [-0.1, -0.05) is 0 Å². The summed E-state index contributed by atoms with van der Waals surface area (Å²) in [5, 5.41) is 16.8. The van der Waals surface area contributed by atoms with Crippen LogP contribution in [0.15, 0.2) is 0 Å². The second-order valence-electron chi connectivity index (χ2n) is 2.87. The number of nitriles is 2. The van der Waals surface area contributed by atoms with Crippen LogP contribution in [0.1, 0.15) is 20.3 Å². The maximum atomic E-state index is 8.51. The van der Waals surface area contributed by atoms with Gasteiger partial charge in [0.1, 0.15) is 0 Å². The minimum Gasteiger partial charge on any atom is -0.324 e. The minimum absolute atomic E-state index is 0. The highest BCUT2D eigenvalue weighted by molar-refractivity contribution is 8.93. The average molecular weight is 218 g/mol. The molecule has 0 spiro atoms. The zero-order valence-electron chi connectivity index (χ0n) is 6.66. The van der Waals surface area contributed by atoms with E-state index in [-0.39, 0.29) is 29.3 Å². The summed E-state index contributed by atoms with van der Waals surface area (Å²) in [7, 11) is 0. The van der Waals surface area contributed by atoms with Crippen LogP contribution >= 0.6 is 17.0 Å². The summed E-state index contributed by atoms with van der Waals surface area (Å²) < 4.78 is 0. The van der Waals surface area contributed by atoms with Crippen molar-refractivity contribution >= 4 is 17.0 Å². The molecule has 2 N–H and O–H groups in total. The topological polar surface area (TPSA) is 73.6 Å². The molecule has 0 rings (SSSR count). The molecule has 0 aromatic carbocycles. The van der Waals surface area contributed by atoms with Gasteiger partial charge in [-0.25, -0.2) is 0 Å². The predicted molar refractivity (Wildman–Crippen MR) is 47.9 cm³/mol. The molecule has 0 amide bonds. The van der Waals surface area contributed by atoms with E-state index in [1.165, 1.54) is 0 Å². The zero-order chi connectivity index (χ0) is 8.20. The van der Waals surface area contributed by atoms with E-state index in [4.69, 9.17) is 16.3 Å². The molecule has 0 aromatic heterocycles. The molecule has 0 aromatic rings. The third-order valence-corrected chi connectivity index (χ3v) is 1.35. The molecule has 4 heteroatoms. The van der Waals surface area contributed by atoms with Crippen LogP contribution in [0.3, 0.4) is 0 Å². The van der Waals surface area contributed by atoms with Gasteiger partial charge in [0.25, 0.3) is 0 Å². The van der Waals surface area contributed by atoms with Crippen LogP contribution in [0.4, 0.5) is 0 Å². The van der Waals surface area contributed by atoms with E-state index in [0.29, 0.717) is 0 Å². The summed E-state index contributed by atoms with van der Waals surface area (Å²) >= 11 is 0. The molecular weight excluding hydrogens is 206 g/mol. The normalized spacial score (nSPS) is 12.1. The van der Waals surface area contributed by atoms with Gasteiger partial charge in [0.15, 0.2) is 0 Å². The van der Waals surface area contributed by atoms with Crippen molar-refractivity contribution in [2.24, 2.45) is 11.7 Å². The SMILES string of the molecule is Br.CC(C)(N)C(C#N)CC#N. The summed E-state index contributed by atoms with van der Waals surface area (Å²) in [6.45, 7) is 3.50. The summed E-state index contributed by atoms with van der Waals surface area (Å²) in [5.74, 6) is -0.363. The van der Waals surface area contributed by atoms with E-state index in [2.05, 4.69) is 0 Å². The van der Waals surface area contributed by atoms with Gasteiger partial charge in [-0.15, -0.1) is 17.0 Å². The lowest BCUT2D eigenvalue weighted by molar-refractivity contribution is 0.396. The lowest BCUT2D eigenvalue weighted by Gasteiger charge is -2.21. The Morgan fingerprint density at radius 2 is 1.91 bits per heavy atom. The molecule has 1 unspecified atom stereocenters. The second kappa shape index (κ2) is 5.12. The van der Waals surface area contributed by atoms with E-state index in [0.717, 1.165) is 0 Å². The third-order valence-electron chi connectivity index (χ3n) is 1.35. The Balaban J connectivity index is 0. The first-order valence-corrected chi connectivity index (χ1v) is 3.08. The van der Waals surface area contributed by atoms with Crippen molar-refractivity contribution in [1.29, 1.82) is 10.5 Å². The van der Waals surface area contributed by atoms with E-state index < -0.39 is 5.54 Å². The fourth-order valence-corrected chi connectivity index (χ4v) is 0.566. The maximum Gasteiger partial charge on any atom is 0.0767 e. The Morgan fingerprint density at radius 3 is 2.00 bits per heavy atom. The molecule has 0 aliphatic heterocycles. The number of hydrogen-bond acceptors (Lipinski definition) is 3. The van der Waals surface area contributed by atoms with Crippen molar-refractivity contribution in [2.45, 2.75) is 25.8 Å². The van der Waals surface area contributed by atoms with Gasteiger partial charge in [0, 0.05) is 5.54 Å². The molecule has 1 atom stereocenters. The van der Waals surface area contributed by atoms with Gasteiger partial charge < -0.3 is 5.73 Å². The fourth-order valence-electron chi connectivity index (χ4n) is 0.566. The molecule has 0 heterocycles. The number of hydrogen-bond donors (Lipinski definition) is 1. The first kappa shape index (κ1) is 13.0. The van der Waals surface area contributed by atoms with Crippen LogP contribution in [-0.2, 0) is 0 Å². The van der Waals surface area contributed by atoms with Gasteiger partial charge in [0.05, 0.1) is 24.5 Å². The van der Waals surface area contributed by atoms with Crippen molar-refractivity contribution in [1.82, 2.24) is 0 Å². The largest absolute Gasteiger partial charge is 0.324 e. The highest BCUT2D eigenvalue weighted by Crippen LogP contribution is 2.15. The third kappa shape index (κ3) is 4.78. The van der Waals surface area contributed by atoms with Gasteiger partial charge in [0.2, 0.25) is 0 Å². The molecule has 3 nitrogen and oxygen atoms in total. The van der Waals surface area contributed by atoms with E-state index in [1.807, 2.05) is 12.1 Å². The quantitative estimate of drug-likeness (QED) is 0.760. The van der Waals surface area contributed by atoms with Gasteiger partial charge in [-0.2, -0.15) is 10.5 Å². The summed E-state index contributed by atoms with van der Waals surface area (Å²) in [6.07, 6.45) is 0.208. The van der Waals surface area contributed by atoms with Crippen LogP contribution < -0.4 is 5.73 Å². The Bertz CT molecular complexity index is 181. The monoisotopic (exact) mass is 217 g/mol. The highest BCUT2D eigenvalue weighted by atomic mass is 79.9. The Kier molecular flexibility index (Phi) is 6.07. The Labute approximate surface area is 77.6 Å². The van der Waals surface area contributed by atoms with Crippen LogP contribution in [-0.4, -0.2) is 5.54 Å². The average Bonchev–Trinajstić information content (AvgIpc) is 1.80. The lowest BCUT2D eigenvalue weighted by Crippen LogP contribution is -2.39. The van der Waals surface area contributed by atoms with Crippen molar-refractivity contribution < 1.29 is 0 Å². The number of halogens is 1. The second-order valence-corrected chi connectivity index (χ2v) is 2.87. The first-order valence-electron chi connectivity index (χ1n) is 3.08. The summed E-state index contributed by atoms with van der Waals surface area (Å²) in [5.41, 5.74) is 5.04. The molecule has 0 saturated heterocycles. The first-order chi connectivity index (χ1) is 4.52. The molecule has 0 aliphatic rings. The molecule has 0 saturated carbocycles. The minimum atomic E-state index is -0.565. The van der Waals surface area contributed by atoms with Crippen molar-refractivity contribution in [3.63, 3.8) is 0 Å². The van der Waals surface area contributed by atoms with Gasteiger partial charge in [-0.05, 0) is 13.8 Å². The number of nitrogens with zero attached hydrogens (tertiary/aromatic N) is 2. The lowest BCUT2D eigenvalue weighted by atomic mass is 9.88. The van der Waals surface area contributed by atoms with Crippen molar-refractivity contribution in [3.8, 4) is 12.1 Å². The van der Waals surface area contributed by atoms with E-state index in [9.17, 15) is 0 Å². The highest BCUT2D eigenvalue weighted by Gasteiger charge is 2.24. The predicted octanol–water partition coefficient (Wildman–Crippen LogP) is 1.36. The smallest absolute Gasteiger partial charge is 0.0767 e. The number of rotatable bonds is 2. The van der Waals surface area contributed by atoms with Crippen LogP contribution in [0.5, 0.6) is 0 Å². The maximum absolute atomic E-state index is 8.51. The molecular formula is C7H12BrN3. The van der Waals surface area contributed by atoms with E-state index in [1.54, 1.807) is 13.8 Å². The van der Waals surface area contributed by atoms with Crippen LogP contribution in [0.25, 0.3) is 0 Å². The van der Waals surface area contributed by atoms with Crippen LogP contribution in [0, 0.1) is 28.6 Å². The number of nitrogens with two attached hydrogens (primary N) is 1. The standard InChI is InChI=1S/C7H11N3.BrH/c1-7(2,10)6(5-9)3-4-8;/h6H,3,10H2,1-2H3;1H. The van der Waals surface area contributed by atoms with Crippen molar-refractivity contribution in [2.75, 3.05) is 0 Å².